The molecule has 0 saturated heterocycles. The number of benzene rings is 2. The zero-order chi connectivity index (χ0) is 12.4. The molecule has 0 heterocycles. The average molecular weight is 250 g/mol. The summed E-state index contributed by atoms with van der Waals surface area (Å²) in [6.45, 7) is 0. The third-order valence-electron chi connectivity index (χ3n) is 2.33. The van der Waals surface area contributed by atoms with Crippen LogP contribution in [0.15, 0.2) is 47.4 Å². The smallest absolute Gasteiger partial charge is 0.186 e. The quantitative estimate of drug-likeness (QED) is 0.715. The molecule has 2 aromatic rings. The maximum atomic E-state index is 10.9. The minimum atomic E-state index is -2.06. The van der Waals surface area contributed by atoms with Crippen LogP contribution in [0.2, 0.25) is 0 Å². The molecule has 0 fully saturated rings. The maximum absolute atomic E-state index is 10.9. The van der Waals surface area contributed by atoms with Gasteiger partial charge in [0, 0.05) is 11.6 Å². The van der Waals surface area contributed by atoms with Gasteiger partial charge in [0.05, 0.1) is 4.90 Å². The van der Waals surface area contributed by atoms with E-state index in [1.807, 2.05) is 0 Å². The number of rotatable bonds is 2. The number of phenolic OH excluding ortho intramolecular Hbond substituents is 2. The highest BCUT2D eigenvalue weighted by Gasteiger charge is 2.07. The first kappa shape index (κ1) is 11.6. The molecule has 2 aromatic carbocycles. The summed E-state index contributed by atoms with van der Waals surface area (Å²) in [4.78, 5) is 0.259. The Morgan fingerprint density at radius 2 is 1.76 bits per heavy atom. The molecule has 1 atom stereocenters. The molecular weight excluding hydrogens is 240 g/mol. The fourth-order valence-electron chi connectivity index (χ4n) is 1.54. The largest absolute Gasteiger partial charge is 0.508 e. The Morgan fingerprint density at radius 3 is 2.41 bits per heavy atom. The van der Waals surface area contributed by atoms with Gasteiger partial charge in [0.25, 0.3) is 0 Å². The lowest BCUT2D eigenvalue weighted by molar-refractivity contribution is 0.452. The van der Waals surface area contributed by atoms with Gasteiger partial charge < -0.3 is 14.8 Å². The van der Waals surface area contributed by atoms with Gasteiger partial charge in [0.1, 0.15) is 11.5 Å². The Hall–Kier alpha value is -1.85. The summed E-state index contributed by atoms with van der Waals surface area (Å²) in [7, 11) is 0. The molecule has 0 radical (unpaired) electrons. The topological polar surface area (TPSA) is 77.8 Å². The second-order valence-electron chi connectivity index (χ2n) is 3.48. The minimum Gasteiger partial charge on any atom is -0.508 e. The van der Waals surface area contributed by atoms with Gasteiger partial charge in [-0.3, -0.25) is 0 Å². The Kier molecular flexibility index (Phi) is 3.12. The molecule has 3 N–H and O–H groups in total. The van der Waals surface area contributed by atoms with Gasteiger partial charge in [0.15, 0.2) is 11.1 Å². The van der Waals surface area contributed by atoms with Crippen molar-refractivity contribution >= 4 is 11.1 Å². The van der Waals surface area contributed by atoms with Crippen molar-refractivity contribution in [2.45, 2.75) is 4.90 Å². The Morgan fingerprint density at radius 1 is 1.00 bits per heavy atom. The first-order chi connectivity index (χ1) is 8.08. The van der Waals surface area contributed by atoms with Gasteiger partial charge in [-0.15, -0.1) is 0 Å². The normalized spacial score (nSPS) is 12.3. The van der Waals surface area contributed by atoms with Crippen LogP contribution in [0, 0.1) is 0 Å². The standard InChI is InChI=1S/C12H10O4S/c13-9-4-5-11(12(14)7-9)8-2-1-3-10(6-8)17(15)16/h1-7,13-14H,(H,15,16). The molecule has 88 valence electrons. The van der Waals surface area contributed by atoms with E-state index in [1.54, 1.807) is 18.2 Å². The molecule has 0 amide bonds. The van der Waals surface area contributed by atoms with Gasteiger partial charge in [-0.25, -0.2) is 4.21 Å². The van der Waals surface area contributed by atoms with Crippen molar-refractivity contribution < 1.29 is 19.0 Å². The van der Waals surface area contributed by atoms with Crippen molar-refractivity contribution in [2.24, 2.45) is 0 Å². The van der Waals surface area contributed by atoms with E-state index < -0.39 is 11.1 Å². The van der Waals surface area contributed by atoms with Crippen LogP contribution < -0.4 is 0 Å². The highest BCUT2D eigenvalue weighted by Crippen LogP contribution is 2.32. The summed E-state index contributed by atoms with van der Waals surface area (Å²) < 4.78 is 19.9. The average Bonchev–Trinajstić information content (AvgIpc) is 2.29. The second-order valence-corrected chi connectivity index (χ2v) is 4.45. The van der Waals surface area contributed by atoms with Crippen molar-refractivity contribution in [1.29, 1.82) is 0 Å². The zero-order valence-electron chi connectivity index (χ0n) is 8.70. The third-order valence-corrected chi connectivity index (χ3v) is 2.99. The molecule has 0 aliphatic heterocycles. The molecule has 0 aromatic heterocycles. The predicted octanol–water partition coefficient (Wildman–Crippen LogP) is 2.35. The molecule has 2 rings (SSSR count). The molecule has 17 heavy (non-hydrogen) atoms. The van der Waals surface area contributed by atoms with Gasteiger partial charge in [-0.1, -0.05) is 12.1 Å². The molecule has 0 aliphatic carbocycles. The fraction of sp³-hybridized carbons (Fsp3) is 0. The van der Waals surface area contributed by atoms with Crippen molar-refractivity contribution in [2.75, 3.05) is 0 Å². The maximum Gasteiger partial charge on any atom is 0.186 e. The zero-order valence-corrected chi connectivity index (χ0v) is 9.52. The summed E-state index contributed by atoms with van der Waals surface area (Å²) in [6.07, 6.45) is 0. The van der Waals surface area contributed by atoms with Crippen LogP contribution in [0.5, 0.6) is 11.5 Å². The molecule has 0 spiro atoms. The number of hydrogen-bond acceptors (Lipinski definition) is 3. The van der Waals surface area contributed by atoms with E-state index in [4.69, 9.17) is 4.55 Å². The third kappa shape index (κ3) is 2.46. The lowest BCUT2D eigenvalue weighted by Crippen LogP contribution is -1.88. The Bertz CT molecular complexity index is 580. The van der Waals surface area contributed by atoms with E-state index in [-0.39, 0.29) is 16.4 Å². The van der Waals surface area contributed by atoms with E-state index in [1.165, 1.54) is 24.3 Å². The predicted molar refractivity (Wildman–Crippen MR) is 64.2 cm³/mol. The van der Waals surface area contributed by atoms with Crippen molar-refractivity contribution in [1.82, 2.24) is 0 Å². The number of hydrogen-bond donors (Lipinski definition) is 3. The monoisotopic (exact) mass is 250 g/mol. The van der Waals surface area contributed by atoms with E-state index in [2.05, 4.69) is 0 Å². The van der Waals surface area contributed by atoms with E-state index in [0.29, 0.717) is 11.1 Å². The molecule has 5 heteroatoms. The van der Waals surface area contributed by atoms with Crippen LogP contribution in [0.4, 0.5) is 0 Å². The van der Waals surface area contributed by atoms with Crippen LogP contribution in [0.25, 0.3) is 11.1 Å². The van der Waals surface area contributed by atoms with Crippen LogP contribution >= 0.6 is 0 Å². The van der Waals surface area contributed by atoms with E-state index >= 15 is 0 Å². The Labute approximate surface area is 100 Å². The summed E-state index contributed by atoms with van der Waals surface area (Å²) in [5, 5.41) is 18.9. The molecule has 0 bridgehead atoms. The summed E-state index contributed by atoms with van der Waals surface area (Å²) >= 11 is -2.06. The highest BCUT2D eigenvalue weighted by molar-refractivity contribution is 7.79. The molecule has 4 nitrogen and oxygen atoms in total. The van der Waals surface area contributed by atoms with Crippen molar-refractivity contribution in [3.63, 3.8) is 0 Å². The Balaban J connectivity index is 2.53. The van der Waals surface area contributed by atoms with Crippen LogP contribution in [-0.4, -0.2) is 19.0 Å². The van der Waals surface area contributed by atoms with Gasteiger partial charge >= 0.3 is 0 Å². The lowest BCUT2D eigenvalue weighted by Gasteiger charge is -2.06. The van der Waals surface area contributed by atoms with Crippen LogP contribution in [-0.2, 0) is 11.1 Å². The molecule has 1 unspecified atom stereocenters. The molecule has 0 aliphatic rings. The second kappa shape index (κ2) is 4.57. The SMILES string of the molecule is O=S(O)c1cccc(-c2ccc(O)cc2O)c1. The molecule has 0 saturated carbocycles. The van der Waals surface area contributed by atoms with Crippen molar-refractivity contribution in [3.8, 4) is 22.6 Å². The minimum absolute atomic E-state index is 0.0341. The first-order valence-electron chi connectivity index (χ1n) is 4.81. The fourth-order valence-corrected chi connectivity index (χ4v) is 1.96. The first-order valence-corrected chi connectivity index (χ1v) is 5.92. The number of aromatic hydroxyl groups is 2. The van der Waals surface area contributed by atoms with Gasteiger partial charge in [-0.05, 0) is 29.8 Å². The van der Waals surface area contributed by atoms with Crippen LogP contribution in [0.3, 0.4) is 0 Å². The summed E-state index contributed by atoms with van der Waals surface area (Å²) in [5.74, 6) is -0.112. The van der Waals surface area contributed by atoms with Crippen LogP contribution in [0.1, 0.15) is 0 Å². The van der Waals surface area contributed by atoms with Gasteiger partial charge in [-0.2, -0.15) is 0 Å². The van der Waals surface area contributed by atoms with Crippen molar-refractivity contribution in [3.05, 3.63) is 42.5 Å². The molecular formula is C12H10O4S. The lowest BCUT2D eigenvalue weighted by atomic mass is 10.0. The van der Waals surface area contributed by atoms with E-state index in [0.717, 1.165) is 0 Å². The highest BCUT2D eigenvalue weighted by atomic mass is 32.2. The van der Waals surface area contributed by atoms with E-state index in [9.17, 15) is 14.4 Å². The summed E-state index contributed by atoms with van der Waals surface area (Å²) in [5.41, 5.74) is 1.11. The number of phenols is 2. The van der Waals surface area contributed by atoms with Gasteiger partial charge in [0.2, 0.25) is 0 Å². The summed E-state index contributed by atoms with van der Waals surface area (Å²) in [6, 6.07) is 10.6.